The van der Waals surface area contributed by atoms with E-state index in [-0.39, 0.29) is 10.5 Å². The molecule has 0 spiro atoms. The number of carbonyl (C=O) groups excluding carboxylic acids is 2. The first-order chi connectivity index (χ1) is 20.1. The van der Waals surface area contributed by atoms with E-state index in [1.807, 2.05) is 36.0 Å². The molecule has 0 radical (unpaired) electrons. The van der Waals surface area contributed by atoms with Gasteiger partial charge >= 0.3 is 6.09 Å². The predicted octanol–water partition coefficient (Wildman–Crippen LogP) is 5.82. The van der Waals surface area contributed by atoms with Gasteiger partial charge in [-0.3, -0.25) is 10.1 Å². The molecule has 0 fully saturated rings. The lowest BCUT2D eigenvalue weighted by Crippen LogP contribution is -2.31. The molecule has 9 nitrogen and oxygen atoms in total. The SMILES string of the molecule is COc1cc(C(=O)NS(=O)(=O)c2ccccc2C)ccc1Cc1cn(C)c2ccc(NC(=O)Oc3ccccc3)cc12. The highest BCUT2D eigenvalue weighted by Crippen LogP contribution is 2.30. The second-order valence-corrected chi connectivity index (χ2v) is 11.4. The number of aromatic nitrogens is 1. The molecule has 0 bridgehead atoms. The summed E-state index contributed by atoms with van der Waals surface area (Å²) in [5.74, 6) is 0.119. The molecule has 0 aliphatic rings. The van der Waals surface area contributed by atoms with E-state index >= 15 is 0 Å². The molecule has 5 aromatic rings. The predicted molar refractivity (Wildman–Crippen MR) is 161 cm³/mol. The Morgan fingerprint density at radius 2 is 1.62 bits per heavy atom. The summed E-state index contributed by atoms with van der Waals surface area (Å²) in [6.07, 6.45) is 1.85. The number of amides is 2. The van der Waals surface area contributed by atoms with Crippen LogP contribution in [0.15, 0.2) is 102 Å². The summed E-state index contributed by atoms with van der Waals surface area (Å²) in [7, 11) is -0.624. The van der Waals surface area contributed by atoms with Gasteiger partial charge < -0.3 is 14.0 Å². The number of carbonyl (C=O) groups is 2. The lowest BCUT2D eigenvalue weighted by atomic mass is 10.0. The van der Waals surface area contributed by atoms with Crippen LogP contribution in [0.3, 0.4) is 0 Å². The molecule has 0 aliphatic heterocycles. The first kappa shape index (κ1) is 28.4. The summed E-state index contributed by atoms with van der Waals surface area (Å²) in [5, 5.41) is 3.69. The van der Waals surface area contributed by atoms with E-state index in [1.165, 1.54) is 19.2 Å². The standard InChI is InChI=1S/C32H29N3O6S/c1-21-9-7-8-12-30(21)42(38,39)34-31(36)23-14-13-22(29(18-23)40-3)17-24-20-35(2)28-16-15-25(19-27(24)28)33-32(37)41-26-10-5-4-6-11-26/h4-16,18-20H,17H2,1-3H3,(H,33,37)(H,34,36). The van der Waals surface area contributed by atoms with Crippen LogP contribution in [0.5, 0.6) is 11.5 Å². The molecule has 0 saturated heterocycles. The molecule has 0 unspecified atom stereocenters. The maximum absolute atomic E-state index is 12.9. The summed E-state index contributed by atoms with van der Waals surface area (Å²) in [6, 6.07) is 25.7. The molecule has 5 rings (SSSR count). The van der Waals surface area contributed by atoms with Gasteiger partial charge in [-0.05, 0) is 72.1 Å². The van der Waals surface area contributed by atoms with Gasteiger partial charge in [0.1, 0.15) is 11.5 Å². The Morgan fingerprint density at radius 1 is 0.881 bits per heavy atom. The van der Waals surface area contributed by atoms with Crippen LogP contribution in [0.25, 0.3) is 10.9 Å². The van der Waals surface area contributed by atoms with E-state index in [2.05, 4.69) is 10.0 Å². The number of nitrogens with zero attached hydrogens (tertiary/aromatic N) is 1. The molecule has 4 aromatic carbocycles. The Balaban J connectivity index is 1.36. The lowest BCUT2D eigenvalue weighted by molar-refractivity contribution is 0.0981. The molecule has 1 heterocycles. The van der Waals surface area contributed by atoms with E-state index in [0.29, 0.717) is 29.2 Å². The fourth-order valence-corrected chi connectivity index (χ4v) is 5.98. The largest absolute Gasteiger partial charge is 0.496 e. The summed E-state index contributed by atoms with van der Waals surface area (Å²) >= 11 is 0. The van der Waals surface area contributed by atoms with Crippen molar-refractivity contribution in [3.8, 4) is 11.5 Å². The van der Waals surface area contributed by atoms with Gasteiger partial charge in [0.25, 0.3) is 15.9 Å². The number of aryl methyl sites for hydroxylation is 2. The average Bonchev–Trinajstić information content (AvgIpc) is 3.27. The number of sulfonamides is 1. The van der Waals surface area contributed by atoms with Crippen LogP contribution in [0.4, 0.5) is 10.5 Å². The second kappa shape index (κ2) is 11.8. The van der Waals surface area contributed by atoms with Crippen LogP contribution in [-0.2, 0) is 23.5 Å². The maximum Gasteiger partial charge on any atom is 0.417 e. The molecule has 42 heavy (non-hydrogen) atoms. The molecule has 214 valence electrons. The molecular weight excluding hydrogens is 554 g/mol. The summed E-state index contributed by atoms with van der Waals surface area (Å²) in [6.45, 7) is 1.67. The van der Waals surface area contributed by atoms with Crippen LogP contribution >= 0.6 is 0 Å². The highest BCUT2D eigenvalue weighted by atomic mass is 32.2. The van der Waals surface area contributed by atoms with Crippen molar-refractivity contribution in [2.45, 2.75) is 18.2 Å². The van der Waals surface area contributed by atoms with E-state index in [4.69, 9.17) is 9.47 Å². The van der Waals surface area contributed by atoms with Gasteiger partial charge in [-0.2, -0.15) is 0 Å². The molecule has 0 saturated carbocycles. The fraction of sp³-hybridized carbons (Fsp3) is 0.125. The van der Waals surface area contributed by atoms with Crippen molar-refractivity contribution < 1.29 is 27.5 Å². The monoisotopic (exact) mass is 583 g/mol. The van der Waals surface area contributed by atoms with Crippen molar-refractivity contribution in [2.75, 3.05) is 12.4 Å². The normalized spacial score (nSPS) is 11.2. The topological polar surface area (TPSA) is 116 Å². The number of methoxy groups -OCH3 is 1. The van der Waals surface area contributed by atoms with Crippen LogP contribution in [-0.4, -0.2) is 32.1 Å². The van der Waals surface area contributed by atoms with Crippen molar-refractivity contribution in [3.63, 3.8) is 0 Å². The van der Waals surface area contributed by atoms with Gasteiger partial charge in [0.15, 0.2) is 0 Å². The van der Waals surface area contributed by atoms with Crippen LogP contribution < -0.4 is 19.5 Å². The molecule has 0 atom stereocenters. The van der Waals surface area contributed by atoms with Crippen molar-refractivity contribution >= 4 is 38.6 Å². The van der Waals surface area contributed by atoms with Gasteiger partial charge in [-0.1, -0.05) is 42.5 Å². The molecule has 2 amide bonds. The summed E-state index contributed by atoms with van der Waals surface area (Å²) < 4.78 is 40.7. The minimum Gasteiger partial charge on any atom is -0.496 e. The minimum absolute atomic E-state index is 0.0417. The Kier molecular flexibility index (Phi) is 7.99. The summed E-state index contributed by atoms with van der Waals surface area (Å²) in [5.41, 5.74) is 3.98. The first-order valence-corrected chi connectivity index (χ1v) is 14.5. The quantitative estimate of drug-likeness (QED) is 0.238. The Bertz CT molecular complexity index is 1900. The second-order valence-electron chi connectivity index (χ2n) is 9.73. The zero-order valence-electron chi connectivity index (χ0n) is 23.2. The molecule has 1 aromatic heterocycles. The number of hydrogen-bond donors (Lipinski definition) is 2. The average molecular weight is 584 g/mol. The number of anilines is 1. The fourth-order valence-electron chi connectivity index (χ4n) is 4.76. The number of rotatable bonds is 8. The highest BCUT2D eigenvalue weighted by molar-refractivity contribution is 7.90. The lowest BCUT2D eigenvalue weighted by Gasteiger charge is -2.12. The van der Waals surface area contributed by atoms with Gasteiger partial charge in [0.05, 0.1) is 12.0 Å². The van der Waals surface area contributed by atoms with Crippen molar-refractivity contribution in [2.24, 2.45) is 7.05 Å². The van der Waals surface area contributed by atoms with Crippen molar-refractivity contribution in [3.05, 3.63) is 119 Å². The van der Waals surface area contributed by atoms with E-state index in [1.54, 1.807) is 67.6 Å². The maximum atomic E-state index is 12.9. The van der Waals surface area contributed by atoms with Gasteiger partial charge in [0, 0.05) is 41.8 Å². The molecule has 0 aliphatic carbocycles. The number of hydrogen-bond acceptors (Lipinski definition) is 6. The van der Waals surface area contributed by atoms with Gasteiger partial charge in [0.2, 0.25) is 0 Å². The van der Waals surface area contributed by atoms with Crippen LogP contribution in [0.1, 0.15) is 27.0 Å². The highest BCUT2D eigenvalue weighted by Gasteiger charge is 2.21. The van der Waals surface area contributed by atoms with Gasteiger partial charge in [-0.15, -0.1) is 0 Å². The third-order valence-corrected chi connectivity index (χ3v) is 8.30. The third kappa shape index (κ3) is 6.13. The number of fused-ring (bicyclic) bond motifs is 1. The van der Waals surface area contributed by atoms with Crippen LogP contribution in [0, 0.1) is 6.92 Å². The number of nitrogens with one attached hydrogen (secondary N) is 2. The Morgan fingerprint density at radius 3 is 2.36 bits per heavy atom. The van der Waals surface area contributed by atoms with E-state index in [0.717, 1.165) is 22.0 Å². The Labute approximate surface area is 243 Å². The van der Waals surface area contributed by atoms with Crippen molar-refractivity contribution in [1.82, 2.24) is 9.29 Å². The first-order valence-electron chi connectivity index (χ1n) is 13.1. The smallest absolute Gasteiger partial charge is 0.417 e. The minimum atomic E-state index is -4.05. The van der Waals surface area contributed by atoms with E-state index in [9.17, 15) is 18.0 Å². The van der Waals surface area contributed by atoms with E-state index < -0.39 is 22.0 Å². The molecule has 10 heteroatoms. The third-order valence-electron chi connectivity index (χ3n) is 6.81. The number of para-hydroxylation sites is 1. The van der Waals surface area contributed by atoms with Crippen LogP contribution in [0.2, 0.25) is 0 Å². The number of ether oxygens (including phenoxy) is 2. The zero-order valence-corrected chi connectivity index (χ0v) is 24.1. The molecular formula is C32H29N3O6S. The number of benzene rings is 4. The summed E-state index contributed by atoms with van der Waals surface area (Å²) in [4.78, 5) is 25.4. The Hall–Kier alpha value is -5.09. The molecule has 2 N–H and O–H groups in total. The van der Waals surface area contributed by atoms with Gasteiger partial charge in [-0.25, -0.2) is 17.9 Å². The van der Waals surface area contributed by atoms with Crippen molar-refractivity contribution in [1.29, 1.82) is 0 Å². The zero-order chi connectivity index (χ0) is 29.9.